The summed E-state index contributed by atoms with van der Waals surface area (Å²) in [5, 5.41) is 12.9. The standard InChI is InChI=1S/C26H30N2O4S/c1-14-13-27-25(33-14)28-22(30)8-5-16-12-21(29)26(2)10-9-19-18-6-4-17(24(31)32)11-15(18)3-7-20(19)23(16)26/h4,6,11,13,16,19-20,23H,3,5,7-10,12H2,1-2H3,(H,31,32)(H,27,28,30)/t16-,19?,20-,23+,26-/m1/s1. The van der Waals surface area contributed by atoms with E-state index in [4.69, 9.17) is 0 Å². The lowest BCUT2D eigenvalue weighted by Gasteiger charge is -2.50. The van der Waals surface area contributed by atoms with Crippen molar-refractivity contribution in [2.45, 2.75) is 64.7 Å². The van der Waals surface area contributed by atoms with Crippen molar-refractivity contribution in [2.75, 3.05) is 5.32 Å². The summed E-state index contributed by atoms with van der Waals surface area (Å²) in [4.78, 5) is 42.4. The second-order valence-corrected chi connectivity index (χ2v) is 11.5. The molecule has 1 unspecified atom stereocenters. The first-order valence-electron chi connectivity index (χ1n) is 11.9. The molecule has 174 valence electrons. The molecule has 2 aromatic rings. The molecule has 2 saturated carbocycles. The van der Waals surface area contributed by atoms with Crippen LogP contribution >= 0.6 is 11.3 Å². The fourth-order valence-corrected chi connectivity index (χ4v) is 7.63. The molecule has 0 aliphatic heterocycles. The van der Waals surface area contributed by atoms with Crippen LogP contribution in [0.25, 0.3) is 0 Å². The minimum atomic E-state index is -0.885. The van der Waals surface area contributed by atoms with Gasteiger partial charge in [0.05, 0.1) is 5.56 Å². The summed E-state index contributed by atoms with van der Waals surface area (Å²) < 4.78 is 0. The first kappa shape index (κ1) is 22.3. The van der Waals surface area contributed by atoms with E-state index in [1.807, 2.05) is 19.1 Å². The molecule has 7 heteroatoms. The van der Waals surface area contributed by atoms with Gasteiger partial charge in [-0.2, -0.15) is 0 Å². The topological polar surface area (TPSA) is 96.4 Å². The molecule has 2 N–H and O–H groups in total. The number of hydrogen-bond acceptors (Lipinski definition) is 5. The lowest BCUT2D eigenvalue weighted by atomic mass is 9.54. The van der Waals surface area contributed by atoms with E-state index in [1.54, 1.807) is 12.3 Å². The highest BCUT2D eigenvalue weighted by molar-refractivity contribution is 7.15. The number of nitrogens with one attached hydrogen (secondary N) is 1. The van der Waals surface area contributed by atoms with Crippen molar-refractivity contribution < 1.29 is 19.5 Å². The van der Waals surface area contributed by atoms with Crippen LogP contribution in [0.4, 0.5) is 5.13 Å². The van der Waals surface area contributed by atoms with E-state index in [2.05, 4.69) is 17.2 Å². The summed E-state index contributed by atoms with van der Waals surface area (Å²) in [6.45, 7) is 4.11. The van der Waals surface area contributed by atoms with Crippen molar-refractivity contribution >= 4 is 34.1 Å². The van der Waals surface area contributed by atoms with Gasteiger partial charge < -0.3 is 10.4 Å². The Balaban J connectivity index is 1.34. The van der Waals surface area contributed by atoms with Crippen LogP contribution in [-0.4, -0.2) is 27.8 Å². The molecule has 33 heavy (non-hydrogen) atoms. The average Bonchev–Trinajstić information content (AvgIpc) is 3.31. The van der Waals surface area contributed by atoms with Crippen molar-refractivity contribution in [1.29, 1.82) is 0 Å². The number of thiazole rings is 1. The third kappa shape index (κ3) is 3.90. The third-order valence-electron chi connectivity index (χ3n) is 8.43. The smallest absolute Gasteiger partial charge is 0.335 e. The Morgan fingerprint density at radius 3 is 2.85 bits per heavy atom. The van der Waals surface area contributed by atoms with Gasteiger partial charge in [0, 0.05) is 29.3 Å². The minimum absolute atomic E-state index is 0.0343. The van der Waals surface area contributed by atoms with E-state index in [-0.39, 0.29) is 23.2 Å². The number of amides is 1. The molecule has 0 saturated heterocycles. The van der Waals surface area contributed by atoms with Gasteiger partial charge in [-0.25, -0.2) is 9.78 Å². The normalized spacial score (nSPS) is 30.3. The molecular weight excluding hydrogens is 436 g/mol. The lowest BCUT2D eigenvalue weighted by Crippen LogP contribution is -2.44. The quantitative estimate of drug-likeness (QED) is 0.630. The first-order chi connectivity index (χ1) is 15.8. The second-order valence-electron chi connectivity index (χ2n) is 10.3. The van der Waals surface area contributed by atoms with Crippen LogP contribution in [0.15, 0.2) is 24.4 Å². The Bertz CT molecular complexity index is 1130. The van der Waals surface area contributed by atoms with Gasteiger partial charge in [-0.05, 0) is 86.0 Å². The molecule has 0 spiro atoms. The maximum Gasteiger partial charge on any atom is 0.335 e. The molecule has 0 radical (unpaired) electrons. The highest BCUT2D eigenvalue weighted by Crippen LogP contribution is 2.62. The maximum absolute atomic E-state index is 13.1. The molecule has 6 nitrogen and oxygen atoms in total. The van der Waals surface area contributed by atoms with Crippen LogP contribution in [0.2, 0.25) is 0 Å². The predicted molar refractivity (Wildman–Crippen MR) is 127 cm³/mol. The van der Waals surface area contributed by atoms with Crippen molar-refractivity contribution in [3.8, 4) is 0 Å². The highest BCUT2D eigenvalue weighted by Gasteiger charge is 2.58. The molecule has 3 aliphatic carbocycles. The van der Waals surface area contributed by atoms with Crippen molar-refractivity contribution in [3.05, 3.63) is 46.0 Å². The largest absolute Gasteiger partial charge is 0.478 e. The van der Waals surface area contributed by atoms with Gasteiger partial charge in [0.1, 0.15) is 5.78 Å². The summed E-state index contributed by atoms with van der Waals surface area (Å²) in [5.41, 5.74) is 2.47. The number of Topliss-reactive ketones (excluding diaryl/α,β-unsaturated/α-hetero) is 1. The van der Waals surface area contributed by atoms with Crippen molar-refractivity contribution in [1.82, 2.24) is 4.98 Å². The molecule has 5 rings (SSSR count). The number of aromatic nitrogens is 1. The van der Waals surface area contributed by atoms with Crippen LogP contribution in [0, 0.1) is 30.1 Å². The first-order valence-corrected chi connectivity index (χ1v) is 12.7. The van der Waals surface area contributed by atoms with Gasteiger partial charge >= 0.3 is 5.97 Å². The molecular formula is C26H30N2O4S. The van der Waals surface area contributed by atoms with E-state index >= 15 is 0 Å². The third-order valence-corrected chi connectivity index (χ3v) is 9.26. The van der Waals surface area contributed by atoms with E-state index in [0.29, 0.717) is 41.2 Å². The summed E-state index contributed by atoms with van der Waals surface area (Å²) in [7, 11) is 0. The number of carbonyl (C=O) groups excluding carboxylic acids is 2. The zero-order valence-electron chi connectivity index (χ0n) is 19.1. The van der Waals surface area contributed by atoms with Crippen molar-refractivity contribution in [2.24, 2.45) is 23.2 Å². The van der Waals surface area contributed by atoms with Crippen LogP contribution in [-0.2, 0) is 16.0 Å². The minimum Gasteiger partial charge on any atom is -0.478 e. The number of hydrogen-bond donors (Lipinski definition) is 2. The fraction of sp³-hybridized carbons (Fsp3) is 0.538. The number of carboxylic acid groups (broad SMARTS) is 1. The summed E-state index contributed by atoms with van der Waals surface area (Å²) in [6.07, 6.45) is 7.13. The maximum atomic E-state index is 13.1. The SMILES string of the molecule is Cc1cnc(NC(=O)CC[C@@H]2CC(=O)[C@@]3(C)CCC4c5ccc(C(=O)O)cc5CC[C@H]4[C@H]23)s1. The van der Waals surface area contributed by atoms with Gasteiger partial charge in [0.15, 0.2) is 5.13 Å². The van der Waals surface area contributed by atoms with Crippen LogP contribution in [0.3, 0.4) is 0 Å². The van der Waals surface area contributed by atoms with E-state index in [0.717, 1.165) is 42.5 Å². The summed E-state index contributed by atoms with van der Waals surface area (Å²) >= 11 is 1.47. The van der Waals surface area contributed by atoms with Crippen LogP contribution in [0.1, 0.15) is 77.7 Å². The van der Waals surface area contributed by atoms with E-state index in [1.165, 1.54) is 16.9 Å². The fourth-order valence-electron chi connectivity index (χ4n) is 6.95. The predicted octanol–water partition coefficient (Wildman–Crippen LogP) is 5.22. The summed E-state index contributed by atoms with van der Waals surface area (Å²) in [6, 6.07) is 5.57. The Kier molecular flexibility index (Phi) is 5.63. The summed E-state index contributed by atoms with van der Waals surface area (Å²) in [5.74, 6) is 0.726. The monoisotopic (exact) mass is 466 g/mol. The molecule has 5 atom stereocenters. The number of ketones is 1. The Morgan fingerprint density at radius 2 is 2.12 bits per heavy atom. The Morgan fingerprint density at radius 1 is 1.30 bits per heavy atom. The Hall–Kier alpha value is -2.54. The molecule has 2 fully saturated rings. The van der Waals surface area contributed by atoms with Crippen molar-refractivity contribution in [3.63, 3.8) is 0 Å². The van der Waals surface area contributed by atoms with Gasteiger partial charge in [-0.15, -0.1) is 11.3 Å². The van der Waals surface area contributed by atoms with E-state index in [9.17, 15) is 19.5 Å². The molecule has 0 bridgehead atoms. The number of carboxylic acids is 1. The number of aromatic carboxylic acids is 1. The van der Waals surface area contributed by atoms with Gasteiger partial charge in [0.25, 0.3) is 0 Å². The number of benzene rings is 1. The molecule has 1 aromatic carbocycles. The zero-order chi connectivity index (χ0) is 23.3. The van der Waals surface area contributed by atoms with Gasteiger partial charge in [0.2, 0.25) is 5.91 Å². The number of carbonyl (C=O) groups is 3. The number of nitrogens with zero attached hydrogens (tertiary/aromatic N) is 1. The number of aryl methyl sites for hydroxylation is 2. The van der Waals surface area contributed by atoms with Gasteiger partial charge in [-0.3, -0.25) is 9.59 Å². The molecule has 1 amide bonds. The molecule has 1 aromatic heterocycles. The number of anilines is 1. The molecule has 3 aliphatic rings. The van der Waals surface area contributed by atoms with Crippen LogP contribution < -0.4 is 5.32 Å². The van der Waals surface area contributed by atoms with Gasteiger partial charge in [-0.1, -0.05) is 13.0 Å². The second kappa shape index (κ2) is 8.35. The van der Waals surface area contributed by atoms with Crippen LogP contribution in [0.5, 0.6) is 0 Å². The lowest BCUT2D eigenvalue weighted by molar-refractivity contribution is -0.129. The Labute approximate surface area is 197 Å². The number of rotatable bonds is 5. The highest BCUT2D eigenvalue weighted by atomic mass is 32.1. The van der Waals surface area contributed by atoms with E-state index < -0.39 is 5.97 Å². The molecule has 1 heterocycles. The zero-order valence-corrected chi connectivity index (χ0v) is 19.9. The average molecular weight is 467 g/mol. The number of fused-ring (bicyclic) bond motifs is 5.